The Morgan fingerprint density at radius 1 is 0.786 bits per heavy atom. The van der Waals surface area contributed by atoms with Gasteiger partial charge < -0.3 is 0 Å². The molecule has 0 rings (SSSR count). The first-order valence-corrected chi connectivity index (χ1v) is 9.61. The van der Waals surface area contributed by atoms with Crippen LogP contribution in [0.4, 0.5) is 0 Å². The van der Waals surface area contributed by atoms with Crippen molar-refractivity contribution < 1.29 is 34.5 Å². The summed E-state index contributed by atoms with van der Waals surface area (Å²) in [6.07, 6.45) is -4.11. The van der Waals surface area contributed by atoms with Crippen LogP contribution in [-0.4, -0.2) is 52.9 Å². The molecule has 7 N–H and O–H groups in total. The van der Waals surface area contributed by atoms with E-state index >= 15 is 0 Å². The molecule has 90 valence electrons. The summed E-state index contributed by atoms with van der Waals surface area (Å²) in [5.41, 5.74) is 0. The van der Waals surface area contributed by atoms with Crippen molar-refractivity contribution >= 4 is 35.8 Å². The van der Waals surface area contributed by atoms with Crippen LogP contribution in [0, 0.1) is 0 Å². The van der Waals surface area contributed by atoms with Crippen LogP contribution in [0.15, 0.2) is 0 Å². The van der Waals surface area contributed by atoms with Crippen molar-refractivity contribution in [1.82, 2.24) is 0 Å². The van der Waals surface area contributed by atoms with Gasteiger partial charge in [-0.1, -0.05) is 0 Å². The monoisotopic (exact) mass is 292 g/mol. The molecule has 7 nitrogen and oxygen atoms in total. The van der Waals surface area contributed by atoms with Crippen molar-refractivity contribution in [2.24, 2.45) is 0 Å². The zero-order valence-corrected chi connectivity index (χ0v) is 10.1. The van der Waals surface area contributed by atoms with E-state index in [-0.39, 0.29) is 0 Å². The van der Waals surface area contributed by atoms with Gasteiger partial charge >= 0.3 is 88.7 Å². The Labute approximate surface area is 89.1 Å². The molecular weight excluding hydrogens is 281 g/mol. The first-order valence-electron chi connectivity index (χ1n) is 3.25. The first kappa shape index (κ1) is 15.2. The molecule has 0 aromatic carbocycles. The molecule has 0 aromatic rings. The molecule has 0 heterocycles. The molecule has 11 heteroatoms. The number of aliphatic hydroxyl groups excluding tert-OH is 1. The van der Waals surface area contributed by atoms with Gasteiger partial charge in [-0.3, -0.25) is 0 Å². The average molecular weight is 293 g/mol. The van der Waals surface area contributed by atoms with Crippen molar-refractivity contribution in [3.63, 3.8) is 0 Å². The Hall–Kier alpha value is 1.16. The van der Waals surface area contributed by atoms with Gasteiger partial charge in [0, 0.05) is 0 Å². The van der Waals surface area contributed by atoms with E-state index in [1.54, 1.807) is 0 Å². The SMILES string of the molecule is OC(CP(O)(O)(O)Cl)CP(O)(O)(O)Cl. The second-order valence-electron chi connectivity index (χ2n) is 3.10. The molecule has 14 heavy (non-hydrogen) atoms. The topological polar surface area (TPSA) is 142 Å². The molecule has 0 aromatic heterocycles. The summed E-state index contributed by atoms with van der Waals surface area (Å²) in [4.78, 5) is 52.2. The summed E-state index contributed by atoms with van der Waals surface area (Å²) in [7, 11) is 0. The quantitative estimate of drug-likeness (QED) is 0.336. The van der Waals surface area contributed by atoms with Crippen molar-refractivity contribution in [3.8, 4) is 0 Å². The summed E-state index contributed by atoms with van der Waals surface area (Å²) >= 11 is 9.64. The number of hydrogen-bond acceptors (Lipinski definition) is 7. The second kappa shape index (κ2) is 3.58. The summed E-state index contributed by atoms with van der Waals surface area (Å²) in [6, 6.07) is 0. The summed E-state index contributed by atoms with van der Waals surface area (Å²) < 4.78 is 0. The molecule has 0 aliphatic rings. The van der Waals surface area contributed by atoms with Gasteiger partial charge in [0.05, 0.1) is 0 Å². The van der Waals surface area contributed by atoms with Crippen molar-refractivity contribution in [2.45, 2.75) is 6.10 Å². The third kappa shape index (κ3) is 11.2. The maximum absolute atomic E-state index is 8.99. The Kier molecular flexibility index (Phi) is 3.88. The maximum atomic E-state index is 8.99. The zero-order valence-electron chi connectivity index (χ0n) is 6.77. The van der Waals surface area contributed by atoms with E-state index in [1.807, 2.05) is 0 Å². The van der Waals surface area contributed by atoms with Gasteiger partial charge in [0.1, 0.15) is 0 Å². The summed E-state index contributed by atoms with van der Waals surface area (Å²) in [5, 5.41) is 8.99. The van der Waals surface area contributed by atoms with Crippen molar-refractivity contribution in [3.05, 3.63) is 0 Å². The van der Waals surface area contributed by atoms with Crippen LogP contribution in [0.3, 0.4) is 0 Å². The standard InChI is InChI=1S/C3H12Cl2O7P2/c4-13(7,8,9)1-3(6)2-14(5,10,11)12/h3,6-12H,1-2H2. The van der Waals surface area contributed by atoms with E-state index in [4.69, 9.17) is 56.9 Å². The van der Waals surface area contributed by atoms with Crippen molar-refractivity contribution in [1.29, 1.82) is 0 Å². The van der Waals surface area contributed by atoms with E-state index in [9.17, 15) is 0 Å². The molecular formula is C3H12Cl2O7P2. The van der Waals surface area contributed by atoms with Crippen LogP contribution < -0.4 is 0 Å². The third-order valence-electron chi connectivity index (χ3n) is 1.05. The fraction of sp³-hybridized carbons (Fsp3) is 1.00. The second-order valence-corrected chi connectivity index (χ2v) is 12.1. The Bertz CT molecular complexity index is 186. The van der Waals surface area contributed by atoms with Gasteiger partial charge in [-0.2, -0.15) is 0 Å². The van der Waals surface area contributed by atoms with Crippen LogP contribution in [0.2, 0.25) is 0 Å². The Balaban J connectivity index is 4.36. The molecule has 0 aliphatic carbocycles. The van der Waals surface area contributed by atoms with E-state index in [1.165, 1.54) is 0 Å². The summed E-state index contributed by atoms with van der Waals surface area (Å²) in [5.74, 6) is 0. The molecule has 0 bridgehead atoms. The van der Waals surface area contributed by atoms with Crippen LogP contribution in [-0.2, 0) is 0 Å². The van der Waals surface area contributed by atoms with Gasteiger partial charge in [0.2, 0.25) is 0 Å². The number of rotatable bonds is 4. The van der Waals surface area contributed by atoms with Crippen molar-refractivity contribution in [2.75, 3.05) is 12.3 Å². The molecule has 0 saturated heterocycles. The third-order valence-corrected chi connectivity index (χ3v) is 3.98. The average Bonchev–Trinajstić information content (AvgIpc) is 1.41. The predicted molar refractivity (Wildman–Crippen MR) is 54.6 cm³/mol. The molecule has 0 atom stereocenters. The molecule has 0 unspecified atom stereocenters. The van der Waals surface area contributed by atoms with Gasteiger partial charge in [-0.25, -0.2) is 0 Å². The molecule has 0 amide bonds. The van der Waals surface area contributed by atoms with E-state index in [0.717, 1.165) is 0 Å². The van der Waals surface area contributed by atoms with Crippen LogP contribution in [0.5, 0.6) is 0 Å². The Morgan fingerprint density at radius 3 is 1.14 bits per heavy atom. The molecule has 0 saturated carbocycles. The minimum atomic E-state index is -5.46. The zero-order chi connectivity index (χ0) is 11.9. The number of halogens is 2. The van der Waals surface area contributed by atoms with Gasteiger partial charge in [-0.05, 0) is 0 Å². The number of aliphatic hydroxyl groups is 1. The first-order chi connectivity index (χ1) is 5.60. The Morgan fingerprint density at radius 2 is 1.00 bits per heavy atom. The van der Waals surface area contributed by atoms with E-state index < -0.39 is 31.7 Å². The van der Waals surface area contributed by atoms with Gasteiger partial charge in [0.25, 0.3) is 0 Å². The molecule has 0 spiro atoms. The van der Waals surface area contributed by atoms with Crippen LogP contribution >= 0.6 is 35.8 Å². The van der Waals surface area contributed by atoms with E-state index in [0.29, 0.717) is 0 Å². The molecule has 0 radical (unpaired) electrons. The fourth-order valence-corrected chi connectivity index (χ4v) is 3.65. The minimum absolute atomic E-state index is 1.13. The normalized spacial score (nSPS) is 21.8. The number of hydrogen-bond donors (Lipinski definition) is 7. The summed E-state index contributed by atoms with van der Waals surface area (Å²) in [6.45, 7) is -10.9. The van der Waals surface area contributed by atoms with Gasteiger partial charge in [0.15, 0.2) is 0 Å². The molecule has 0 fully saturated rings. The fourth-order valence-electron chi connectivity index (χ4n) is 0.783. The van der Waals surface area contributed by atoms with E-state index in [2.05, 4.69) is 0 Å². The predicted octanol–water partition coefficient (Wildman–Crippen LogP) is -0.795. The van der Waals surface area contributed by atoms with Crippen LogP contribution in [0.1, 0.15) is 0 Å². The van der Waals surface area contributed by atoms with Crippen LogP contribution in [0.25, 0.3) is 0 Å². The molecule has 0 aliphatic heterocycles. The van der Waals surface area contributed by atoms with Gasteiger partial charge in [-0.15, -0.1) is 0 Å².